The molecule has 1 aromatic heterocycles. The van der Waals surface area contributed by atoms with Crippen molar-refractivity contribution in [2.45, 2.75) is 18.4 Å². The summed E-state index contributed by atoms with van der Waals surface area (Å²) in [7, 11) is 0. The molecule has 5 rings (SSSR count). The van der Waals surface area contributed by atoms with Gasteiger partial charge >= 0.3 is 0 Å². The molecule has 3 aromatic rings. The molecule has 30 heavy (non-hydrogen) atoms. The van der Waals surface area contributed by atoms with Gasteiger partial charge in [-0.05, 0) is 43.2 Å². The number of rotatable bonds is 5. The number of ether oxygens (including phenoxy) is 1. The van der Waals surface area contributed by atoms with Gasteiger partial charge in [0.2, 0.25) is 0 Å². The lowest BCUT2D eigenvalue weighted by atomic mass is 9.69. The maximum Gasteiger partial charge on any atom is 0.272 e. The van der Waals surface area contributed by atoms with Crippen LogP contribution in [0, 0.1) is 17.4 Å². The number of hydrogen-bond acceptors (Lipinski definition) is 5. The molecule has 1 saturated carbocycles. The Labute approximate surface area is 174 Å². The summed E-state index contributed by atoms with van der Waals surface area (Å²) in [5, 5.41) is 19.5. The number of likely N-dealkylation sites (tertiary alicyclic amines) is 1. The van der Waals surface area contributed by atoms with Crippen LogP contribution in [0.5, 0.6) is 11.5 Å². The maximum absolute atomic E-state index is 12.9. The summed E-state index contributed by atoms with van der Waals surface area (Å²) in [5.74, 6) is 1.53. The molecule has 1 unspecified atom stereocenters. The highest BCUT2D eigenvalue weighted by Gasteiger charge is 2.54. The minimum Gasteiger partial charge on any atom is -0.457 e. The first-order valence-electron chi connectivity index (χ1n) is 10.0. The Balaban J connectivity index is 1.35. The third-order valence-corrected chi connectivity index (χ3v) is 6.10. The van der Waals surface area contributed by atoms with Gasteiger partial charge in [-0.2, -0.15) is 10.4 Å². The normalized spacial score (nSPS) is 22.0. The van der Waals surface area contributed by atoms with E-state index in [4.69, 9.17) is 4.74 Å². The van der Waals surface area contributed by atoms with Gasteiger partial charge in [-0.15, -0.1) is 0 Å². The van der Waals surface area contributed by atoms with E-state index < -0.39 is 0 Å². The Bertz CT molecular complexity index is 1120. The van der Waals surface area contributed by atoms with Crippen molar-refractivity contribution in [2.24, 2.45) is 5.92 Å². The highest BCUT2D eigenvalue weighted by atomic mass is 16.5. The number of carbonyl (C=O) groups excluding carboxylic acids is 1. The van der Waals surface area contributed by atoms with Gasteiger partial charge in [-0.25, -0.2) is 0 Å². The molecule has 1 saturated heterocycles. The molecule has 2 fully saturated rings. The second-order valence-corrected chi connectivity index (χ2v) is 7.90. The van der Waals surface area contributed by atoms with Crippen molar-refractivity contribution in [2.75, 3.05) is 13.1 Å². The van der Waals surface area contributed by atoms with E-state index in [9.17, 15) is 10.1 Å². The van der Waals surface area contributed by atoms with Gasteiger partial charge in [0.15, 0.2) is 11.9 Å². The summed E-state index contributed by atoms with van der Waals surface area (Å²) < 4.78 is 6.02. The van der Waals surface area contributed by atoms with Crippen LogP contribution >= 0.6 is 0 Å². The minimum absolute atomic E-state index is 0.219. The van der Waals surface area contributed by atoms with Gasteiger partial charge in [0.05, 0.1) is 17.8 Å². The van der Waals surface area contributed by atoms with Crippen LogP contribution in [0.1, 0.15) is 23.3 Å². The molecule has 1 amide bonds. The molecular formula is C23H21N5O2. The standard InChI is InChI=1S/C23H21N5O2/c24-15-28-13-16-10-11-23(16,14-28)25-22(29)20-12-19(26-27-20)18-8-4-5-9-21(18)30-17-6-2-1-3-7-17/h1-9,12,16H,10-11,13-14H2,(H,25,29)(H,26,27)/t16?,23-/m1/s1. The zero-order valence-electron chi connectivity index (χ0n) is 16.3. The third-order valence-electron chi connectivity index (χ3n) is 6.10. The van der Waals surface area contributed by atoms with Crippen LogP contribution in [-0.2, 0) is 0 Å². The Morgan fingerprint density at radius 1 is 1.23 bits per heavy atom. The second-order valence-electron chi connectivity index (χ2n) is 7.90. The molecule has 2 aliphatic rings. The Hall–Kier alpha value is -3.79. The number of para-hydroxylation sites is 2. The number of nitriles is 1. The molecule has 2 heterocycles. The van der Waals surface area contributed by atoms with Crippen LogP contribution in [0.15, 0.2) is 60.7 Å². The number of fused-ring (bicyclic) bond motifs is 1. The number of aromatic nitrogens is 2. The Kier molecular flexibility index (Phi) is 4.40. The molecular weight excluding hydrogens is 378 g/mol. The van der Waals surface area contributed by atoms with Crippen LogP contribution in [0.4, 0.5) is 0 Å². The van der Waals surface area contributed by atoms with Crippen molar-refractivity contribution in [1.82, 2.24) is 20.4 Å². The Morgan fingerprint density at radius 3 is 2.80 bits per heavy atom. The number of H-pyrrole nitrogens is 1. The van der Waals surface area contributed by atoms with E-state index in [0.29, 0.717) is 36.1 Å². The van der Waals surface area contributed by atoms with Gasteiger partial charge in [0.1, 0.15) is 11.5 Å². The van der Waals surface area contributed by atoms with Gasteiger partial charge in [0, 0.05) is 18.0 Å². The first-order valence-corrected chi connectivity index (χ1v) is 10.0. The average Bonchev–Trinajstić information content (AvgIpc) is 3.34. The lowest BCUT2D eigenvalue weighted by molar-refractivity contribution is 0.0757. The molecule has 0 spiro atoms. The summed E-state index contributed by atoms with van der Waals surface area (Å²) in [6.45, 7) is 1.29. The monoisotopic (exact) mass is 399 g/mol. The zero-order chi connectivity index (χ0) is 20.6. The molecule has 2 aromatic carbocycles. The number of carbonyl (C=O) groups is 1. The van der Waals surface area contributed by atoms with Gasteiger partial charge < -0.3 is 15.0 Å². The summed E-state index contributed by atoms with van der Waals surface area (Å²) in [5.41, 5.74) is 1.55. The van der Waals surface area contributed by atoms with Gasteiger partial charge in [0.25, 0.3) is 5.91 Å². The average molecular weight is 399 g/mol. The first-order chi connectivity index (χ1) is 14.7. The van der Waals surface area contributed by atoms with Crippen LogP contribution < -0.4 is 10.1 Å². The van der Waals surface area contributed by atoms with Gasteiger partial charge in [-0.3, -0.25) is 9.89 Å². The number of nitrogens with zero attached hydrogens (tertiary/aromatic N) is 3. The lowest BCUT2D eigenvalue weighted by Gasteiger charge is -2.44. The van der Waals surface area contributed by atoms with E-state index >= 15 is 0 Å². The number of benzene rings is 2. The van der Waals surface area contributed by atoms with Crippen molar-refractivity contribution in [3.05, 3.63) is 66.4 Å². The fourth-order valence-electron chi connectivity index (χ4n) is 4.38. The molecule has 0 radical (unpaired) electrons. The fourth-order valence-corrected chi connectivity index (χ4v) is 4.38. The topological polar surface area (TPSA) is 94.0 Å². The zero-order valence-corrected chi connectivity index (χ0v) is 16.3. The smallest absolute Gasteiger partial charge is 0.272 e. The summed E-state index contributed by atoms with van der Waals surface area (Å²) in [6, 6.07) is 18.9. The summed E-state index contributed by atoms with van der Waals surface area (Å²) in [4.78, 5) is 14.6. The molecule has 150 valence electrons. The summed E-state index contributed by atoms with van der Waals surface area (Å²) in [6.07, 6.45) is 4.13. The molecule has 7 nitrogen and oxygen atoms in total. The number of nitrogens with one attached hydrogen (secondary N) is 2. The van der Waals surface area contributed by atoms with E-state index in [1.54, 1.807) is 11.0 Å². The molecule has 0 bridgehead atoms. The van der Waals surface area contributed by atoms with E-state index in [-0.39, 0.29) is 11.4 Å². The molecule has 2 atom stereocenters. The van der Waals surface area contributed by atoms with Crippen LogP contribution in [0.3, 0.4) is 0 Å². The number of aromatic amines is 1. The SMILES string of the molecule is N#CN1CC2CC[C@@]2(NC(=O)c2cc(-c3ccccc3Oc3ccccc3)[nH]n2)C1. The lowest BCUT2D eigenvalue weighted by Crippen LogP contribution is -2.60. The number of hydrogen-bond donors (Lipinski definition) is 2. The third kappa shape index (κ3) is 3.16. The molecule has 1 aliphatic carbocycles. The van der Waals surface area contributed by atoms with Crippen molar-refractivity contribution in [3.8, 4) is 28.9 Å². The quantitative estimate of drug-likeness (QED) is 0.640. The largest absolute Gasteiger partial charge is 0.457 e. The highest BCUT2D eigenvalue weighted by Crippen LogP contribution is 2.44. The fraction of sp³-hybridized carbons (Fsp3) is 0.261. The minimum atomic E-state index is -0.305. The predicted octanol–water partition coefficient (Wildman–Crippen LogP) is 3.54. The number of amides is 1. The van der Waals surface area contributed by atoms with E-state index in [1.165, 1.54) is 0 Å². The highest BCUT2D eigenvalue weighted by molar-refractivity contribution is 5.94. The first kappa shape index (κ1) is 18.3. The van der Waals surface area contributed by atoms with Crippen LogP contribution in [0.2, 0.25) is 0 Å². The molecule has 2 N–H and O–H groups in total. The van der Waals surface area contributed by atoms with Gasteiger partial charge in [-0.1, -0.05) is 30.3 Å². The van der Waals surface area contributed by atoms with Crippen molar-refractivity contribution < 1.29 is 9.53 Å². The van der Waals surface area contributed by atoms with Crippen molar-refractivity contribution in [1.29, 1.82) is 5.26 Å². The van der Waals surface area contributed by atoms with Crippen LogP contribution in [0.25, 0.3) is 11.3 Å². The van der Waals surface area contributed by atoms with E-state index in [1.807, 2.05) is 54.6 Å². The van der Waals surface area contributed by atoms with Crippen molar-refractivity contribution >= 4 is 5.91 Å². The summed E-state index contributed by atoms with van der Waals surface area (Å²) >= 11 is 0. The van der Waals surface area contributed by atoms with Crippen LogP contribution in [-0.4, -0.2) is 39.6 Å². The van der Waals surface area contributed by atoms with E-state index in [2.05, 4.69) is 21.7 Å². The predicted molar refractivity (Wildman–Crippen MR) is 111 cm³/mol. The molecule has 1 aliphatic heterocycles. The maximum atomic E-state index is 12.9. The molecule has 7 heteroatoms. The van der Waals surface area contributed by atoms with E-state index in [0.717, 1.165) is 24.2 Å². The Morgan fingerprint density at radius 2 is 2.03 bits per heavy atom. The second kappa shape index (κ2) is 7.23. The van der Waals surface area contributed by atoms with Crippen molar-refractivity contribution in [3.63, 3.8) is 0 Å².